The second-order valence-corrected chi connectivity index (χ2v) is 3.17. The average molecular weight is 233 g/mol. The molecule has 0 spiro atoms. The summed E-state index contributed by atoms with van der Waals surface area (Å²) >= 11 is 0. The first-order valence-corrected chi connectivity index (χ1v) is 4.46. The molecule has 0 amide bonds. The number of pyridine rings is 1. The van der Waals surface area contributed by atoms with Crippen LogP contribution in [0.25, 0.3) is 0 Å². The third-order valence-corrected chi connectivity index (χ3v) is 2.04. The summed E-state index contributed by atoms with van der Waals surface area (Å²) in [5.41, 5.74) is -0.500. The Kier molecular flexibility index (Phi) is 3.87. The van der Waals surface area contributed by atoms with Crippen molar-refractivity contribution in [2.75, 3.05) is 7.11 Å². The molecule has 0 aliphatic rings. The highest BCUT2D eigenvalue weighted by Gasteiger charge is 2.18. The van der Waals surface area contributed by atoms with E-state index in [1.165, 1.54) is 14.0 Å². The predicted molar refractivity (Wildman–Crippen MR) is 49.6 cm³/mol. The number of alkyl halides is 2. The highest BCUT2D eigenvalue weighted by atomic mass is 19.3. The third kappa shape index (κ3) is 2.71. The molecule has 0 unspecified atom stereocenters. The number of ether oxygens (including phenoxy) is 1. The molecule has 0 saturated carbocycles. The van der Waals surface area contributed by atoms with E-state index in [9.17, 15) is 18.0 Å². The molecule has 0 saturated heterocycles. The van der Waals surface area contributed by atoms with Crippen LogP contribution in [0, 0.1) is 12.7 Å². The molecule has 0 aliphatic heterocycles. The van der Waals surface area contributed by atoms with Crippen LogP contribution >= 0.6 is 0 Å². The van der Waals surface area contributed by atoms with Gasteiger partial charge < -0.3 is 4.74 Å². The van der Waals surface area contributed by atoms with E-state index in [0.717, 1.165) is 6.07 Å². The highest BCUT2D eigenvalue weighted by Crippen LogP contribution is 2.22. The van der Waals surface area contributed by atoms with E-state index in [1.807, 2.05) is 0 Å². The van der Waals surface area contributed by atoms with Gasteiger partial charge in [0.1, 0.15) is 5.69 Å². The van der Waals surface area contributed by atoms with Crippen molar-refractivity contribution >= 4 is 5.97 Å². The van der Waals surface area contributed by atoms with Crippen LogP contribution in [0.3, 0.4) is 0 Å². The molecule has 0 N–H and O–H groups in total. The standard InChI is InChI=1S/C10H10F3NO2/c1-5-3-6(11)9(10(12)13)14-7(5)4-8(15)16-2/h3,10H,4H2,1-2H3. The van der Waals surface area contributed by atoms with E-state index in [-0.39, 0.29) is 12.1 Å². The maximum absolute atomic E-state index is 13.0. The van der Waals surface area contributed by atoms with Crippen molar-refractivity contribution in [2.24, 2.45) is 0 Å². The van der Waals surface area contributed by atoms with Crippen LogP contribution in [0.1, 0.15) is 23.4 Å². The molecular formula is C10H10F3NO2. The molecule has 88 valence electrons. The van der Waals surface area contributed by atoms with Gasteiger partial charge >= 0.3 is 5.97 Å². The summed E-state index contributed by atoms with van der Waals surface area (Å²) in [5, 5.41) is 0. The van der Waals surface area contributed by atoms with Crippen molar-refractivity contribution in [3.05, 3.63) is 28.8 Å². The zero-order chi connectivity index (χ0) is 12.3. The number of rotatable bonds is 3. The zero-order valence-corrected chi connectivity index (χ0v) is 8.76. The second kappa shape index (κ2) is 4.96. The van der Waals surface area contributed by atoms with Gasteiger partial charge in [-0.25, -0.2) is 18.2 Å². The quantitative estimate of drug-likeness (QED) is 0.751. The van der Waals surface area contributed by atoms with Crippen molar-refractivity contribution in [2.45, 2.75) is 19.8 Å². The van der Waals surface area contributed by atoms with Crippen LogP contribution in [-0.4, -0.2) is 18.1 Å². The molecule has 0 bridgehead atoms. The summed E-state index contributed by atoms with van der Waals surface area (Å²) in [6.07, 6.45) is -3.25. The van der Waals surface area contributed by atoms with Crippen molar-refractivity contribution in [3.63, 3.8) is 0 Å². The van der Waals surface area contributed by atoms with Crippen molar-refractivity contribution in [1.29, 1.82) is 0 Å². The Labute approximate surface area is 90.2 Å². The molecule has 1 aromatic heterocycles. The van der Waals surface area contributed by atoms with E-state index in [0.29, 0.717) is 5.56 Å². The van der Waals surface area contributed by atoms with Gasteiger partial charge in [-0.15, -0.1) is 0 Å². The van der Waals surface area contributed by atoms with E-state index in [2.05, 4.69) is 9.72 Å². The van der Waals surface area contributed by atoms with Gasteiger partial charge in [0.05, 0.1) is 19.2 Å². The number of carbonyl (C=O) groups excluding carboxylic acids is 1. The summed E-state index contributed by atoms with van der Waals surface area (Å²) in [5.74, 6) is -1.68. The Hall–Kier alpha value is -1.59. The lowest BCUT2D eigenvalue weighted by atomic mass is 10.1. The average Bonchev–Trinajstić information content (AvgIpc) is 2.21. The Morgan fingerprint density at radius 1 is 1.56 bits per heavy atom. The Balaban J connectivity index is 3.09. The normalized spacial score (nSPS) is 10.6. The topological polar surface area (TPSA) is 39.2 Å². The van der Waals surface area contributed by atoms with Gasteiger partial charge in [-0.3, -0.25) is 4.79 Å². The second-order valence-electron chi connectivity index (χ2n) is 3.17. The zero-order valence-electron chi connectivity index (χ0n) is 8.76. The Bertz CT molecular complexity index is 407. The molecule has 16 heavy (non-hydrogen) atoms. The lowest BCUT2D eigenvalue weighted by Crippen LogP contribution is -2.10. The SMILES string of the molecule is COC(=O)Cc1nc(C(F)F)c(F)cc1C. The summed E-state index contributed by atoms with van der Waals surface area (Å²) in [7, 11) is 1.18. The summed E-state index contributed by atoms with van der Waals surface area (Å²) < 4.78 is 42.1. The van der Waals surface area contributed by atoms with Crippen LogP contribution in [0.15, 0.2) is 6.07 Å². The Morgan fingerprint density at radius 3 is 2.69 bits per heavy atom. The number of carbonyl (C=O) groups is 1. The largest absolute Gasteiger partial charge is 0.469 e. The summed E-state index contributed by atoms with van der Waals surface area (Å²) in [6.45, 7) is 1.49. The molecule has 0 fully saturated rings. The van der Waals surface area contributed by atoms with Gasteiger partial charge in [0.15, 0.2) is 5.82 Å². The lowest BCUT2D eigenvalue weighted by Gasteiger charge is -2.07. The monoisotopic (exact) mass is 233 g/mol. The molecule has 1 aromatic rings. The molecule has 0 aromatic carbocycles. The predicted octanol–water partition coefficient (Wildman–Crippen LogP) is 2.18. The summed E-state index contributed by atoms with van der Waals surface area (Å²) in [6, 6.07) is 0.937. The van der Waals surface area contributed by atoms with Gasteiger partial charge in [-0.05, 0) is 18.6 Å². The van der Waals surface area contributed by atoms with Crippen LogP contribution in [0.2, 0.25) is 0 Å². The molecule has 0 atom stereocenters. The van der Waals surface area contributed by atoms with E-state index in [4.69, 9.17) is 0 Å². The van der Waals surface area contributed by atoms with Crippen LogP contribution in [0.4, 0.5) is 13.2 Å². The molecule has 1 rings (SSSR count). The molecule has 3 nitrogen and oxygen atoms in total. The van der Waals surface area contributed by atoms with Crippen molar-refractivity contribution in [3.8, 4) is 0 Å². The number of nitrogens with zero attached hydrogens (tertiary/aromatic N) is 1. The first-order valence-electron chi connectivity index (χ1n) is 4.46. The van der Waals surface area contributed by atoms with Gasteiger partial charge in [0.2, 0.25) is 0 Å². The van der Waals surface area contributed by atoms with E-state index in [1.54, 1.807) is 0 Å². The molecule has 6 heteroatoms. The number of esters is 1. The summed E-state index contributed by atoms with van der Waals surface area (Å²) in [4.78, 5) is 14.4. The van der Waals surface area contributed by atoms with Crippen molar-refractivity contribution in [1.82, 2.24) is 4.98 Å². The van der Waals surface area contributed by atoms with Gasteiger partial charge in [0.25, 0.3) is 6.43 Å². The van der Waals surface area contributed by atoms with Gasteiger partial charge in [-0.1, -0.05) is 0 Å². The first-order chi connectivity index (χ1) is 7.45. The van der Waals surface area contributed by atoms with Crippen LogP contribution in [0.5, 0.6) is 0 Å². The Morgan fingerprint density at radius 2 is 2.19 bits per heavy atom. The maximum Gasteiger partial charge on any atom is 0.311 e. The molecule has 1 heterocycles. The fourth-order valence-electron chi connectivity index (χ4n) is 1.18. The number of halogens is 3. The van der Waals surface area contributed by atoms with Gasteiger partial charge in [0, 0.05) is 0 Å². The van der Waals surface area contributed by atoms with E-state index < -0.39 is 23.9 Å². The highest BCUT2D eigenvalue weighted by molar-refractivity contribution is 5.72. The molecule has 0 radical (unpaired) electrons. The minimum absolute atomic E-state index is 0.101. The number of aryl methyl sites for hydroxylation is 1. The maximum atomic E-state index is 13.0. The first kappa shape index (κ1) is 12.5. The van der Waals surface area contributed by atoms with Gasteiger partial charge in [-0.2, -0.15) is 0 Å². The van der Waals surface area contributed by atoms with Crippen molar-refractivity contribution < 1.29 is 22.7 Å². The van der Waals surface area contributed by atoms with E-state index >= 15 is 0 Å². The lowest BCUT2D eigenvalue weighted by molar-refractivity contribution is -0.139. The molecule has 0 aliphatic carbocycles. The van der Waals surface area contributed by atoms with Crippen LogP contribution in [-0.2, 0) is 16.0 Å². The number of hydrogen-bond donors (Lipinski definition) is 0. The number of aromatic nitrogens is 1. The smallest absolute Gasteiger partial charge is 0.311 e. The minimum atomic E-state index is -3.00. The van der Waals surface area contributed by atoms with Crippen LogP contribution < -0.4 is 0 Å². The minimum Gasteiger partial charge on any atom is -0.469 e. The molecular weight excluding hydrogens is 223 g/mol. The number of methoxy groups -OCH3 is 1. The fourth-order valence-corrected chi connectivity index (χ4v) is 1.18. The number of hydrogen-bond acceptors (Lipinski definition) is 3. The third-order valence-electron chi connectivity index (χ3n) is 2.04. The fraction of sp³-hybridized carbons (Fsp3) is 0.400.